The van der Waals surface area contributed by atoms with Crippen LogP contribution in [0.25, 0.3) is 0 Å². The summed E-state index contributed by atoms with van der Waals surface area (Å²) < 4.78 is 16.4. The van der Waals surface area contributed by atoms with Crippen LogP contribution in [-0.2, 0) is 19.0 Å². The number of nitrogens with zero attached hydrogens (tertiary/aromatic N) is 5. The van der Waals surface area contributed by atoms with Gasteiger partial charge in [0.1, 0.15) is 17.5 Å². The number of hydrogen-bond acceptors (Lipinski definition) is 5. The zero-order valence-electron chi connectivity index (χ0n) is 21.5. The van der Waals surface area contributed by atoms with Crippen molar-refractivity contribution in [1.82, 2.24) is 14.8 Å². The normalized spacial score (nSPS) is 13.5. The van der Waals surface area contributed by atoms with Gasteiger partial charge in [-0.25, -0.2) is 19.0 Å². The number of amides is 4. The van der Waals surface area contributed by atoms with Crippen molar-refractivity contribution in [3.05, 3.63) is 53.1 Å². The fraction of sp³-hybridized carbons (Fsp3) is 0.360. The molecule has 0 fully saturated rings. The van der Waals surface area contributed by atoms with E-state index in [1.165, 1.54) is 21.9 Å². The number of rotatable bonds is 4. The summed E-state index contributed by atoms with van der Waals surface area (Å²) in [6.07, 6.45) is 1.71. The van der Waals surface area contributed by atoms with E-state index < -0.39 is 11.8 Å². The molecule has 1 aromatic carbocycles. The van der Waals surface area contributed by atoms with Crippen molar-refractivity contribution in [3.8, 4) is 0 Å². The summed E-state index contributed by atoms with van der Waals surface area (Å²) in [5.74, 6) is 0.522. The van der Waals surface area contributed by atoms with Crippen LogP contribution in [0.5, 0.6) is 0 Å². The molecule has 0 spiro atoms. The van der Waals surface area contributed by atoms with Crippen LogP contribution in [0.2, 0.25) is 0 Å². The number of carbonyl (C=O) groups excluding carboxylic acids is 2. The quantitative estimate of drug-likeness (QED) is 0.482. The van der Waals surface area contributed by atoms with Crippen molar-refractivity contribution in [1.29, 1.82) is 0 Å². The van der Waals surface area contributed by atoms with Gasteiger partial charge in [0, 0.05) is 50.5 Å². The number of anilines is 5. The second-order valence-corrected chi connectivity index (χ2v) is 9.86. The van der Waals surface area contributed by atoms with Crippen LogP contribution in [0.15, 0.2) is 30.5 Å². The standard InChI is InChI=1S/C25H31FN8O2/c1-14-8-16(26)17(29-23(35)30-22-11-20(25(2,3)4)31-33(22)7)9-18(14)34-13-15-12-28-21(27-5)10-19(15)32(6)24(34)36/h8-12H,13H2,1-7H3,(H,27,28)(H2,29,30,35). The summed E-state index contributed by atoms with van der Waals surface area (Å²) in [7, 11) is 5.16. The molecule has 0 aliphatic carbocycles. The Balaban J connectivity index is 1.59. The first kappa shape index (κ1) is 25.0. The topological polar surface area (TPSA) is 107 Å². The molecule has 0 saturated carbocycles. The molecular formula is C25H31FN8O2. The van der Waals surface area contributed by atoms with Gasteiger partial charge in [-0.1, -0.05) is 20.8 Å². The van der Waals surface area contributed by atoms with Crippen LogP contribution in [-0.4, -0.2) is 40.9 Å². The Morgan fingerprint density at radius 2 is 1.81 bits per heavy atom. The summed E-state index contributed by atoms with van der Waals surface area (Å²) in [6, 6.07) is 5.47. The van der Waals surface area contributed by atoms with Crippen molar-refractivity contribution < 1.29 is 14.0 Å². The number of benzene rings is 1. The number of carbonyl (C=O) groups is 2. The number of pyridine rings is 1. The number of fused-ring (bicyclic) bond motifs is 1. The number of nitrogens with one attached hydrogen (secondary N) is 3. The third kappa shape index (κ3) is 4.68. The Hall–Kier alpha value is -4.15. The molecule has 1 aliphatic heterocycles. The maximum Gasteiger partial charge on any atom is 0.329 e. The molecule has 1 aliphatic rings. The van der Waals surface area contributed by atoms with Gasteiger partial charge in [0.05, 0.1) is 29.3 Å². The largest absolute Gasteiger partial charge is 0.373 e. The molecule has 2 aromatic heterocycles. The van der Waals surface area contributed by atoms with Crippen LogP contribution in [0, 0.1) is 12.7 Å². The number of aromatic nitrogens is 3. The van der Waals surface area contributed by atoms with Crippen LogP contribution in [0.1, 0.15) is 37.6 Å². The molecule has 190 valence electrons. The minimum atomic E-state index is -0.622. The Morgan fingerprint density at radius 3 is 2.44 bits per heavy atom. The van der Waals surface area contributed by atoms with Gasteiger partial charge < -0.3 is 10.6 Å². The molecule has 0 saturated heterocycles. The van der Waals surface area contributed by atoms with E-state index in [2.05, 4.69) is 26.0 Å². The highest BCUT2D eigenvalue weighted by Crippen LogP contribution is 2.35. The van der Waals surface area contributed by atoms with E-state index in [9.17, 15) is 14.0 Å². The first-order valence-corrected chi connectivity index (χ1v) is 11.5. The van der Waals surface area contributed by atoms with Crippen molar-refractivity contribution in [3.63, 3.8) is 0 Å². The molecule has 0 unspecified atom stereocenters. The van der Waals surface area contributed by atoms with Crippen LogP contribution < -0.4 is 25.8 Å². The van der Waals surface area contributed by atoms with Gasteiger partial charge in [0.2, 0.25) is 0 Å². The smallest absolute Gasteiger partial charge is 0.329 e. The predicted octanol–water partition coefficient (Wildman–Crippen LogP) is 4.82. The van der Waals surface area contributed by atoms with E-state index in [-0.39, 0.29) is 23.7 Å². The monoisotopic (exact) mass is 494 g/mol. The SMILES string of the molecule is CNc1cc2c(cn1)CN(c1cc(NC(=O)Nc3cc(C(C)(C)C)nn3C)c(F)cc1C)C(=O)N2C. The number of hydrogen-bond donors (Lipinski definition) is 3. The van der Waals surface area contributed by atoms with Crippen molar-refractivity contribution in [2.24, 2.45) is 7.05 Å². The summed E-state index contributed by atoms with van der Waals surface area (Å²) >= 11 is 0. The second kappa shape index (κ2) is 9.14. The van der Waals surface area contributed by atoms with Gasteiger partial charge in [-0.15, -0.1) is 0 Å². The number of aryl methyl sites for hydroxylation is 2. The minimum Gasteiger partial charge on any atom is -0.373 e. The number of urea groups is 2. The van der Waals surface area contributed by atoms with E-state index in [0.717, 1.165) is 16.9 Å². The second-order valence-electron chi connectivity index (χ2n) is 9.86. The van der Waals surface area contributed by atoms with Gasteiger partial charge in [-0.05, 0) is 24.6 Å². The summed E-state index contributed by atoms with van der Waals surface area (Å²) in [5.41, 5.74) is 3.22. The van der Waals surface area contributed by atoms with Gasteiger partial charge in [-0.2, -0.15) is 5.10 Å². The molecule has 3 aromatic rings. The van der Waals surface area contributed by atoms with E-state index in [4.69, 9.17) is 0 Å². The van der Waals surface area contributed by atoms with Gasteiger partial charge in [0.25, 0.3) is 0 Å². The predicted molar refractivity (Wildman–Crippen MR) is 139 cm³/mol. The third-order valence-corrected chi connectivity index (χ3v) is 6.14. The zero-order valence-corrected chi connectivity index (χ0v) is 21.5. The van der Waals surface area contributed by atoms with Crippen LogP contribution in [0.4, 0.5) is 42.7 Å². The lowest BCUT2D eigenvalue weighted by Crippen LogP contribution is -2.45. The Bertz CT molecular complexity index is 1340. The molecule has 0 radical (unpaired) electrons. The molecular weight excluding hydrogens is 463 g/mol. The lowest BCUT2D eigenvalue weighted by Gasteiger charge is -2.36. The summed E-state index contributed by atoms with van der Waals surface area (Å²) in [6.45, 7) is 8.05. The van der Waals surface area contributed by atoms with E-state index >= 15 is 0 Å². The first-order valence-electron chi connectivity index (χ1n) is 11.5. The maximum absolute atomic E-state index is 14.8. The fourth-order valence-electron chi connectivity index (χ4n) is 4.02. The molecule has 0 bridgehead atoms. The van der Waals surface area contributed by atoms with E-state index in [1.54, 1.807) is 45.0 Å². The summed E-state index contributed by atoms with van der Waals surface area (Å²) in [4.78, 5) is 33.4. The molecule has 4 amide bonds. The first-order chi connectivity index (χ1) is 16.9. The highest BCUT2D eigenvalue weighted by Gasteiger charge is 2.31. The van der Waals surface area contributed by atoms with Crippen molar-refractivity contribution in [2.75, 3.05) is 39.8 Å². The molecule has 3 heterocycles. The van der Waals surface area contributed by atoms with Crippen molar-refractivity contribution in [2.45, 2.75) is 39.7 Å². The molecule has 36 heavy (non-hydrogen) atoms. The van der Waals surface area contributed by atoms with Crippen LogP contribution in [0.3, 0.4) is 0 Å². The molecule has 10 nitrogen and oxygen atoms in total. The molecule has 11 heteroatoms. The Labute approximate surface area is 209 Å². The molecule has 3 N–H and O–H groups in total. The average Bonchev–Trinajstić information content (AvgIpc) is 3.18. The van der Waals surface area contributed by atoms with Gasteiger partial charge >= 0.3 is 12.1 Å². The molecule has 4 rings (SSSR count). The third-order valence-electron chi connectivity index (χ3n) is 6.14. The highest BCUT2D eigenvalue weighted by molar-refractivity contribution is 6.07. The lowest BCUT2D eigenvalue weighted by molar-refractivity contribution is 0.251. The average molecular weight is 495 g/mol. The summed E-state index contributed by atoms with van der Waals surface area (Å²) in [5, 5.41) is 12.7. The van der Waals surface area contributed by atoms with E-state index in [0.29, 0.717) is 22.9 Å². The van der Waals surface area contributed by atoms with Crippen molar-refractivity contribution >= 4 is 40.8 Å². The van der Waals surface area contributed by atoms with E-state index in [1.807, 2.05) is 26.8 Å². The highest BCUT2D eigenvalue weighted by atomic mass is 19.1. The molecule has 0 atom stereocenters. The van der Waals surface area contributed by atoms with Gasteiger partial charge in [0.15, 0.2) is 0 Å². The fourth-order valence-corrected chi connectivity index (χ4v) is 4.02. The Kier molecular flexibility index (Phi) is 6.33. The number of halogens is 1. The van der Waals surface area contributed by atoms with Gasteiger partial charge in [-0.3, -0.25) is 19.8 Å². The zero-order chi connectivity index (χ0) is 26.4. The lowest BCUT2D eigenvalue weighted by atomic mass is 9.92. The minimum absolute atomic E-state index is 0.0452. The van der Waals surface area contributed by atoms with Crippen LogP contribution >= 0.6 is 0 Å². The Morgan fingerprint density at radius 1 is 1.08 bits per heavy atom. The maximum atomic E-state index is 14.8.